The SMILES string of the molecule is Cc1ccc(CC2CN(CC(=O)O)CCN(CC(=O)O)CCOCCN2CC(=O)O)cc1. The van der Waals surface area contributed by atoms with Crippen molar-refractivity contribution in [2.45, 2.75) is 19.4 Å². The van der Waals surface area contributed by atoms with E-state index < -0.39 is 17.9 Å². The Morgan fingerprint density at radius 1 is 0.844 bits per heavy atom. The maximum absolute atomic E-state index is 11.5. The molecule has 32 heavy (non-hydrogen) atoms. The Bertz CT molecular complexity index is 756. The lowest BCUT2D eigenvalue weighted by molar-refractivity contribution is -0.141. The second-order valence-corrected chi connectivity index (χ2v) is 8.12. The van der Waals surface area contributed by atoms with Gasteiger partial charge in [0.2, 0.25) is 0 Å². The lowest BCUT2D eigenvalue weighted by Gasteiger charge is -2.36. The van der Waals surface area contributed by atoms with Crippen molar-refractivity contribution >= 4 is 17.9 Å². The second-order valence-electron chi connectivity index (χ2n) is 8.12. The zero-order valence-corrected chi connectivity index (χ0v) is 18.5. The lowest BCUT2D eigenvalue weighted by atomic mass is 10.0. The molecule has 1 fully saturated rings. The molecule has 1 aliphatic heterocycles. The van der Waals surface area contributed by atoms with Gasteiger partial charge in [0.25, 0.3) is 0 Å². The average molecular weight is 452 g/mol. The maximum atomic E-state index is 11.5. The van der Waals surface area contributed by atoms with Crippen LogP contribution in [0.3, 0.4) is 0 Å². The molecule has 0 aromatic heterocycles. The summed E-state index contributed by atoms with van der Waals surface area (Å²) in [4.78, 5) is 39.5. The van der Waals surface area contributed by atoms with Crippen LogP contribution >= 0.6 is 0 Å². The summed E-state index contributed by atoms with van der Waals surface area (Å²) in [5, 5.41) is 28.0. The van der Waals surface area contributed by atoms with E-state index in [-0.39, 0.29) is 25.7 Å². The van der Waals surface area contributed by atoms with Crippen LogP contribution in [0.25, 0.3) is 0 Å². The van der Waals surface area contributed by atoms with Gasteiger partial charge in [-0.3, -0.25) is 29.1 Å². The van der Waals surface area contributed by atoms with Crippen LogP contribution in [-0.4, -0.2) is 120 Å². The maximum Gasteiger partial charge on any atom is 0.317 e. The van der Waals surface area contributed by atoms with Gasteiger partial charge in [-0.15, -0.1) is 0 Å². The van der Waals surface area contributed by atoms with Gasteiger partial charge in [-0.05, 0) is 18.9 Å². The topological polar surface area (TPSA) is 131 Å². The van der Waals surface area contributed by atoms with Crippen molar-refractivity contribution in [3.63, 3.8) is 0 Å². The van der Waals surface area contributed by atoms with Crippen molar-refractivity contribution in [1.29, 1.82) is 0 Å². The first-order valence-corrected chi connectivity index (χ1v) is 10.7. The van der Waals surface area contributed by atoms with E-state index in [4.69, 9.17) is 9.84 Å². The first kappa shape index (κ1) is 25.7. The molecule has 1 aromatic rings. The highest BCUT2D eigenvalue weighted by atomic mass is 16.5. The molecule has 0 spiro atoms. The van der Waals surface area contributed by atoms with Gasteiger partial charge in [-0.2, -0.15) is 0 Å². The van der Waals surface area contributed by atoms with E-state index in [1.54, 1.807) is 9.80 Å². The van der Waals surface area contributed by atoms with Crippen LogP contribution in [0.15, 0.2) is 24.3 Å². The first-order valence-electron chi connectivity index (χ1n) is 10.7. The Hall–Kier alpha value is -2.53. The second kappa shape index (κ2) is 13.1. The molecule has 0 aliphatic carbocycles. The molecule has 0 radical (unpaired) electrons. The minimum Gasteiger partial charge on any atom is -0.480 e. The summed E-state index contributed by atoms with van der Waals surface area (Å²) in [7, 11) is 0. The van der Waals surface area contributed by atoms with Gasteiger partial charge >= 0.3 is 17.9 Å². The molecule has 2 rings (SSSR count). The van der Waals surface area contributed by atoms with Gasteiger partial charge in [-0.25, -0.2) is 0 Å². The van der Waals surface area contributed by atoms with Gasteiger partial charge in [0.15, 0.2) is 0 Å². The molecule has 178 valence electrons. The van der Waals surface area contributed by atoms with Gasteiger partial charge in [-0.1, -0.05) is 29.8 Å². The number of carboxylic acid groups (broad SMARTS) is 3. The fourth-order valence-electron chi connectivity index (χ4n) is 3.82. The number of carbonyl (C=O) groups is 3. The lowest BCUT2D eigenvalue weighted by Crippen LogP contribution is -2.51. The third-order valence-electron chi connectivity index (χ3n) is 5.44. The highest BCUT2D eigenvalue weighted by Crippen LogP contribution is 2.13. The Balaban J connectivity index is 2.26. The standard InChI is InChI=1S/C22H33N3O7/c1-17-2-4-18(5-3-17)12-19-13-24(15-21(28)29)7-6-23(14-20(26)27)8-10-32-11-9-25(19)16-22(30)31/h2-5,19H,6-16H2,1H3,(H,26,27)(H,28,29)(H,30,31). The van der Waals surface area contributed by atoms with E-state index in [2.05, 4.69) is 0 Å². The molecule has 1 heterocycles. The normalized spacial score (nSPS) is 20.2. The summed E-state index contributed by atoms with van der Waals surface area (Å²) in [5.74, 6) is -2.89. The summed E-state index contributed by atoms with van der Waals surface area (Å²) in [5.41, 5.74) is 2.15. The highest BCUT2D eigenvalue weighted by Gasteiger charge is 2.26. The number of aryl methyl sites for hydroxylation is 1. The molecule has 10 nitrogen and oxygen atoms in total. The van der Waals surface area contributed by atoms with E-state index in [0.717, 1.165) is 11.1 Å². The summed E-state index contributed by atoms with van der Waals surface area (Å²) < 4.78 is 5.66. The molecule has 0 bridgehead atoms. The van der Waals surface area contributed by atoms with Crippen molar-refractivity contribution in [2.75, 3.05) is 65.6 Å². The number of aliphatic carboxylic acids is 3. The largest absolute Gasteiger partial charge is 0.480 e. The number of benzene rings is 1. The fraction of sp³-hybridized carbons (Fsp3) is 0.591. The van der Waals surface area contributed by atoms with Crippen LogP contribution in [0.4, 0.5) is 0 Å². The van der Waals surface area contributed by atoms with Crippen molar-refractivity contribution < 1.29 is 34.4 Å². The molecule has 1 aliphatic rings. The average Bonchev–Trinajstić information content (AvgIpc) is 2.69. The summed E-state index contributed by atoms with van der Waals surface area (Å²) in [6.45, 7) is 3.93. The van der Waals surface area contributed by atoms with Crippen LogP contribution in [-0.2, 0) is 25.5 Å². The van der Waals surface area contributed by atoms with Crippen LogP contribution in [0.5, 0.6) is 0 Å². The minimum atomic E-state index is -0.982. The minimum absolute atomic E-state index is 0.151. The van der Waals surface area contributed by atoms with E-state index in [1.807, 2.05) is 36.1 Å². The van der Waals surface area contributed by atoms with Crippen molar-refractivity contribution in [3.8, 4) is 0 Å². The van der Waals surface area contributed by atoms with Crippen molar-refractivity contribution in [2.24, 2.45) is 0 Å². The Labute approximate surface area is 188 Å². The number of hydrogen-bond donors (Lipinski definition) is 3. The predicted molar refractivity (Wildman–Crippen MR) is 117 cm³/mol. The van der Waals surface area contributed by atoms with Crippen LogP contribution in [0.2, 0.25) is 0 Å². The van der Waals surface area contributed by atoms with Gasteiger partial charge < -0.3 is 20.1 Å². The fourth-order valence-corrected chi connectivity index (χ4v) is 3.82. The molecule has 1 aromatic carbocycles. The zero-order chi connectivity index (χ0) is 23.5. The third kappa shape index (κ3) is 9.73. The number of hydrogen-bond acceptors (Lipinski definition) is 7. The van der Waals surface area contributed by atoms with E-state index >= 15 is 0 Å². The molecule has 0 saturated carbocycles. The molecule has 3 N–H and O–H groups in total. The van der Waals surface area contributed by atoms with E-state index in [1.165, 1.54) is 0 Å². The van der Waals surface area contributed by atoms with E-state index in [0.29, 0.717) is 52.4 Å². The summed E-state index contributed by atoms with van der Waals surface area (Å²) in [6, 6.07) is 7.74. The molecule has 1 unspecified atom stereocenters. The monoisotopic (exact) mass is 451 g/mol. The van der Waals surface area contributed by atoms with Crippen LogP contribution < -0.4 is 0 Å². The van der Waals surface area contributed by atoms with Gasteiger partial charge in [0, 0.05) is 38.8 Å². The Morgan fingerprint density at radius 2 is 1.41 bits per heavy atom. The third-order valence-corrected chi connectivity index (χ3v) is 5.44. The molecule has 0 amide bonds. The van der Waals surface area contributed by atoms with Gasteiger partial charge in [0.1, 0.15) is 0 Å². The van der Waals surface area contributed by atoms with E-state index in [9.17, 15) is 24.6 Å². The molecular formula is C22H33N3O7. The smallest absolute Gasteiger partial charge is 0.317 e. The summed E-state index contributed by atoms with van der Waals surface area (Å²) >= 11 is 0. The molecular weight excluding hydrogens is 418 g/mol. The molecule has 1 saturated heterocycles. The molecule has 10 heteroatoms. The first-order chi connectivity index (χ1) is 15.2. The van der Waals surface area contributed by atoms with Crippen LogP contribution in [0, 0.1) is 6.92 Å². The predicted octanol–water partition coefficient (Wildman–Crippen LogP) is 0.0961. The Kier molecular flexibility index (Phi) is 10.5. The number of ether oxygens (including phenoxy) is 1. The van der Waals surface area contributed by atoms with Crippen molar-refractivity contribution in [3.05, 3.63) is 35.4 Å². The zero-order valence-electron chi connectivity index (χ0n) is 18.5. The number of carboxylic acids is 3. The Morgan fingerprint density at radius 3 is 2.03 bits per heavy atom. The van der Waals surface area contributed by atoms with Gasteiger partial charge in [0.05, 0.1) is 32.8 Å². The molecule has 1 atom stereocenters. The number of nitrogens with zero attached hydrogens (tertiary/aromatic N) is 3. The van der Waals surface area contributed by atoms with Crippen molar-refractivity contribution in [1.82, 2.24) is 14.7 Å². The summed E-state index contributed by atoms with van der Waals surface area (Å²) in [6.07, 6.45) is 0.558. The van der Waals surface area contributed by atoms with Crippen LogP contribution in [0.1, 0.15) is 11.1 Å². The highest BCUT2D eigenvalue weighted by molar-refractivity contribution is 5.70. The quantitative estimate of drug-likeness (QED) is 0.500. The number of rotatable bonds is 8.